The number of nitrogens with zero attached hydrogens (tertiary/aromatic N) is 1. The number of carbonyl (C=O) groups is 2. The van der Waals surface area contributed by atoms with E-state index in [2.05, 4.69) is 5.32 Å². The standard InChI is InChI=1S/C19H21ClN2O2/c1-14-7-3-4-9-17(14)12-22(15(2)23)13-19(24)21-11-16-8-5-6-10-18(16)20/h3-10H,11-13H2,1-2H3,(H,21,24). The smallest absolute Gasteiger partial charge is 0.239 e. The number of amides is 2. The fraction of sp³-hybridized carbons (Fsp3) is 0.263. The molecule has 0 aliphatic rings. The van der Waals surface area contributed by atoms with Crippen molar-refractivity contribution in [3.8, 4) is 0 Å². The SMILES string of the molecule is CC(=O)N(CC(=O)NCc1ccccc1Cl)Cc1ccccc1C. The van der Waals surface area contributed by atoms with Gasteiger partial charge < -0.3 is 10.2 Å². The summed E-state index contributed by atoms with van der Waals surface area (Å²) in [4.78, 5) is 25.5. The van der Waals surface area contributed by atoms with Gasteiger partial charge in [0.25, 0.3) is 0 Å². The van der Waals surface area contributed by atoms with Gasteiger partial charge in [-0.3, -0.25) is 9.59 Å². The zero-order chi connectivity index (χ0) is 17.5. The second-order valence-electron chi connectivity index (χ2n) is 5.67. The average Bonchev–Trinajstić information content (AvgIpc) is 2.55. The predicted octanol–water partition coefficient (Wildman–Crippen LogP) is 3.31. The lowest BCUT2D eigenvalue weighted by atomic mass is 10.1. The zero-order valence-electron chi connectivity index (χ0n) is 13.9. The van der Waals surface area contributed by atoms with E-state index < -0.39 is 0 Å². The fourth-order valence-corrected chi connectivity index (χ4v) is 2.54. The van der Waals surface area contributed by atoms with Gasteiger partial charge in [0, 0.05) is 25.0 Å². The van der Waals surface area contributed by atoms with E-state index in [0.717, 1.165) is 16.7 Å². The number of halogens is 1. The molecular weight excluding hydrogens is 324 g/mol. The Morgan fingerprint density at radius 1 is 1.04 bits per heavy atom. The molecule has 2 rings (SSSR count). The lowest BCUT2D eigenvalue weighted by molar-refractivity contribution is -0.135. The maximum atomic E-state index is 12.2. The maximum absolute atomic E-state index is 12.2. The Morgan fingerprint density at radius 2 is 1.67 bits per heavy atom. The lowest BCUT2D eigenvalue weighted by Crippen LogP contribution is -2.39. The minimum Gasteiger partial charge on any atom is -0.350 e. The van der Waals surface area contributed by atoms with Gasteiger partial charge in [0.2, 0.25) is 11.8 Å². The van der Waals surface area contributed by atoms with Crippen molar-refractivity contribution in [1.29, 1.82) is 0 Å². The van der Waals surface area contributed by atoms with Crippen molar-refractivity contribution >= 4 is 23.4 Å². The molecule has 0 aliphatic carbocycles. The normalized spacial score (nSPS) is 10.3. The molecule has 4 nitrogen and oxygen atoms in total. The van der Waals surface area contributed by atoms with Gasteiger partial charge in [-0.1, -0.05) is 54.1 Å². The summed E-state index contributed by atoms with van der Waals surface area (Å²) in [6.45, 7) is 4.25. The van der Waals surface area contributed by atoms with E-state index in [0.29, 0.717) is 18.1 Å². The predicted molar refractivity (Wildman–Crippen MR) is 95.6 cm³/mol. The summed E-state index contributed by atoms with van der Waals surface area (Å²) in [6.07, 6.45) is 0. The highest BCUT2D eigenvalue weighted by Gasteiger charge is 2.15. The molecule has 0 bridgehead atoms. The molecule has 2 aromatic carbocycles. The third kappa shape index (κ3) is 5.10. The first-order valence-electron chi connectivity index (χ1n) is 7.77. The molecule has 0 aromatic heterocycles. The van der Waals surface area contributed by atoms with Crippen LogP contribution >= 0.6 is 11.6 Å². The first-order valence-corrected chi connectivity index (χ1v) is 8.15. The van der Waals surface area contributed by atoms with Crippen molar-refractivity contribution in [3.05, 3.63) is 70.2 Å². The number of rotatable bonds is 6. The largest absolute Gasteiger partial charge is 0.350 e. The quantitative estimate of drug-likeness (QED) is 0.874. The van der Waals surface area contributed by atoms with Crippen molar-refractivity contribution in [2.75, 3.05) is 6.54 Å². The summed E-state index contributed by atoms with van der Waals surface area (Å²) in [7, 11) is 0. The average molecular weight is 345 g/mol. The summed E-state index contributed by atoms with van der Waals surface area (Å²) >= 11 is 6.07. The molecule has 24 heavy (non-hydrogen) atoms. The molecule has 1 N–H and O–H groups in total. The lowest BCUT2D eigenvalue weighted by Gasteiger charge is -2.21. The third-order valence-electron chi connectivity index (χ3n) is 3.84. The van der Waals surface area contributed by atoms with Gasteiger partial charge >= 0.3 is 0 Å². The van der Waals surface area contributed by atoms with E-state index in [1.54, 1.807) is 6.07 Å². The Hall–Kier alpha value is -2.33. The molecule has 0 radical (unpaired) electrons. The van der Waals surface area contributed by atoms with Crippen LogP contribution in [-0.2, 0) is 22.7 Å². The van der Waals surface area contributed by atoms with Crippen LogP contribution in [0.15, 0.2) is 48.5 Å². The van der Waals surface area contributed by atoms with Crippen LogP contribution in [0.1, 0.15) is 23.6 Å². The number of hydrogen-bond donors (Lipinski definition) is 1. The van der Waals surface area contributed by atoms with Crippen LogP contribution in [-0.4, -0.2) is 23.3 Å². The van der Waals surface area contributed by atoms with Gasteiger partial charge in [0.1, 0.15) is 0 Å². The van der Waals surface area contributed by atoms with E-state index in [4.69, 9.17) is 11.6 Å². The first-order chi connectivity index (χ1) is 11.5. The molecule has 0 saturated carbocycles. The maximum Gasteiger partial charge on any atom is 0.239 e. The third-order valence-corrected chi connectivity index (χ3v) is 4.20. The molecule has 2 aromatic rings. The molecule has 0 atom stereocenters. The Kier molecular flexibility index (Phi) is 6.38. The van der Waals surface area contributed by atoms with Gasteiger partial charge in [0.05, 0.1) is 6.54 Å². The number of hydrogen-bond acceptors (Lipinski definition) is 2. The van der Waals surface area contributed by atoms with Gasteiger partial charge in [-0.15, -0.1) is 0 Å². The van der Waals surface area contributed by atoms with Crippen molar-refractivity contribution in [2.24, 2.45) is 0 Å². The number of carbonyl (C=O) groups excluding carboxylic acids is 2. The zero-order valence-corrected chi connectivity index (χ0v) is 14.6. The van der Waals surface area contributed by atoms with Crippen molar-refractivity contribution in [3.63, 3.8) is 0 Å². The van der Waals surface area contributed by atoms with Crippen LogP contribution in [0.2, 0.25) is 5.02 Å². The van der Waals surface area contributed by atoms with Crippen LogP contribution in [0.3, 0.4) is 0 Å². The molecule has 0 spiro atoms. The van der Waals surface area contributed by atoms with Gasteiger partial charge in [-0.2, -0.15) is 0 Å². The summed E-state index contributed by atoms with van der Waals surface area (Å²) in [6, 6.07) is 15.2. The van der Waals surface area contributed by atoms with E-state index in [9.17, 15) is 9.59 Å². The summed E-state index contributed by atoms with van der Waals surface area (Å²) in [5.74, 6) is -0.343. The second kappa shape index (κ2) is 8.50. The summed E-state index contributed by atoms with van der Waals surface area (Å²) < 4.78 is 0. The molecule has 0 unspecified atom stereocenters. The van der Waals surface area contributed by atoms with Gasteiger partial charge in [-0.05, 0) is 29.7 Å². The second-order valence-corrected chi connectivity index (χ2v) is 6.08. The Balaban J connectivity index is 1.95. The Bertz CT molecular complexity index is 731. The highest BCUT2D eigenvalue weighted by Crippen LogP contribution is 2.14. The van der Waals surface area contributed by atoms with Crippen LogP contribution in [0.5, 0.6) is 0 Å². The highest BCUT2D eigenvalue weighted by molar-refractivity contribution is 6.31. The summed E-state index contributed by atoms with van der Waals surface area (Å²) in [5, 5.41) is 3.42. The van der Waals surface area contributed by atoms with E-state index in [-0.39, 0.29) is 18.4 Å². The van der Waals surface area contributed by atoms with E-state index in [1.807, 2.05) is 49.4 Å². The highest BCUT2D eigenvalue weighted by atomic mass is 35.5. The van der Waals surface area contributed by atoms with Crippen molar-refractivity contribution < 1.29 is 9.59 Å². The molecule has 0 fully saturated rings. The monoisotopic (exact) mass is 344 g/mol. The van der Waals surface area contributed by atoms with Crippen molar-refractivity contribution in [1.82, 2.24) is 10.2 Å². The number of aryl methyl sites for hydroxylation is 1. The van der Waals surface area contributed by atoms with Crippen LogP contribution in [0.25, 0.3) is 0 Å². The van der Waals surface area contributed by atoms with Crippen LogP contribution < -0.4 is 5.32 Å². The molecule has 126 valence electrons. The minimum absolute atomic E-state index is 0.0219. The minimum atomic E-state index is -0.210. The first kappa shape index (κ1) is 18.0. The van der Waals surface area contributed by atoms with Crippen LogP contribution in [0, 0.1) is 6.92 Å². The molecule has 0 aliphatic heterocycles. The van der Waals surface area contributed by atoms with Crippen molar-refractivity contribution in [2.45, 2.75) is 26.9 Å². The number of nitrogens with one attached hydrogen (secondary N) is 1. The topological polar surface area (TPSA) is 49.4 Å². The molecular formula is C19H21ClN2O2. The molecule has 2 amide bonds. The van der Waals surface area contributed by atoms with Crippen LogP contribution in [0.4, 0.5) is 0 Å². The Morgan fingerprint density at radius 3 is 2.29 bits per heavy atom. The van der Waals surface area contributed by atoms with E-state index in [1.165, 1.54) is 11.8 Å². The Labute approximate surface area is 147 Å². The van der Waals surface area contributed by atoms with Gasteiger partial charge in [0.15, 0.2) is 0 Å². The molecule has 0 saturated heterocycles. The number of benzene rings is 2. The fourth-order valence-electron chi connectivity index (χ4n) is 2.34. The molecule has 5 heteroatoms. The summed E-state index contributed by atoms with van der Waals surface area (Å²) in [5.41, 5.74) is 2.98. The molecule has 0 heterocycles. The van der Waals surface area contributed by atoms with Gasteiger partial charge in [-0.25, -0.2) is 0 Å². The van der Waals surface area contributed by atoms with E-state index >= 15 is 0 Å².